The second-order valence-electron chi connectivity index (χ2n) is 10.1. The predicted molar refractivity (Wildman–Crippen MR) is 114 cm³/mol. The molecule has 1 aromatic heterocycles. The van der Waals surface area contributed by atoms with Gasteiger partial charge in [0.05, 0.1) is 5.69 Å². The van der Waals surface area contributed by atoms with Crippen LogP contribution < -0.4 is 5.32 Å². The molecule has 0 saturated carbocycles. The fraction of sp³-hybridized carbons (Fsp3) is 0.739. The van der Waals surface area contributed by atoms with E-state index in [1.165, 1.54) is 4.68 Å². The van der Waals surface area contributed by atoms with Gasteiger partial charge in [-0.25, -0.2) is 13.5 Å². The molecule has 3 aliphatic rings. The third kappa shape index (κ3) is 4.26. The Balaban J connectivity index is 1.42. The van der Waals surface area contributed by atoms with Gasteiger partial charge in [-0.05, 0) is 44.4 Å². The number of fused-ring (bicyclic) bond motifs is 1. The number of allylic oxidation sites excluding steroid dienone is 2. The van der Waals surface area contributed by atoms with Crippen LogP contribution in [-0.2, 0) is 10.2 Å². The van der Waals surface area contributed by atoms with Gasteiger partial charge in [-0.15, -0.1) is 0 Å². The van der Waals surface area contributed by atoms with E-state index in [4.69, 9.17) is 0 Å². The van der Waals surface area contributed by atoms with Crippen molar-refractivity contribution in [3.8, 4) is 0 Å². The summed E-state index contributed by atoms with van der Waals surface area (Å²) >= 11 is 0. The molecule has 4 rings (SSSR count). The second kappa shape index (κ2) is 8.31. The van der Waals surface area contributed by atoms with Gasteiger partial charge in [0, 0.05) is 36.5 Å². The van der Waals surface area contributed by atoms with Crippen LogP contribution in [0.25, 0.3) is 0 Å². The molecule has 1 unspecified atom stereocenters. The Bertz CT molecular complexity index is 790. The predicted octanol–water partition coefficient (Wildman–Crippen LogP) is 4.77. The smallest absolute Gasteiger partial charge is 0.260 e. The van der Waals surface area contributed by atoms with Crippen LogP contribution in [0.3, 0.4) is 0 Å². The van der Waals surface area contributed by atoms with Crippen molar-refractivity contribution < 1.29 is 13.6 Å². The molecule has 1 N–H and O–H groups in total. The van der Waals surface area contributed by atoms with Crippen LogP contribution >= 0.6 is 0 Å². The van der Waals surface area contributed by atoms with Crippen LogP contribution in [-0.4, -0.2) is 46.1 Å². The van der Waals surface area contributed by atoms with E-state index >= 15 is 0 Å². The first kappa shape index (κ1) is 21.3. The lowest BCUT2D eigenvalue weighted by molar-refractivity contribution is -0.137. The first-order valence-electron chi connectivity index (χ1n) is 11.3. The number of halogens is 2. The third-order valence-corrected chi connectivity index (χ3v) is 6.98. The molecule has 3 atom stereocenters. The Morgan fingerprint density at radius 3 is 2.53 bits per heavy atom. The summed E-state index contributed by atoms with van der Waals surface area (Å²) in [6.45, 7) is 7.60. The van der Waals surface area contributed by atoms with E-state index in [1.54, 1.807) is 0 Å². The monoisotopic (exact) mass is 420 g/mol. The summed E-state index contributed by atoms with van der Waals surface area (Å²) in [5, 5.41) is 8.01. The highest BCUT2D eigenvalue weighted by Crippen LogP contribution is 2.38. The molecule has 166 valence electrons. The molecule has 0 bridgehead atoms. The van der Waals surface area contributed by atoms with Gasteiger partial charge in [0.15, 0.2) is 0 Å². The number of amides is 1. The molecular weight excluding hydrogens is 386 g/mol. The molecule has 2 aliphatic heterocycles. The van der Waals surface area contributed by atoms with Crippen LogP contribution in [0.5, 0.6) is 0 Å². The summed E-state index contributed by atoms with van der Waals surface area (Å²) in [6.07, 6.45) is 6.70. The summed E-state index contributed by atoms with van der Waals surface area (Å²) in [7, 11) is 0. The third-order valence-electron chi connectivity index (χ3n) is 6.98. The molecule has 7 heteroatoms. The Morgan fingerprint density at radius 2 is 1.93 bits per heavy atom. The molecule has 5 nitrogen and oxygen atoms in total. The average Bonchev–Trinajstić information content (AvgIpc) is 3.18. The SMILES string of the molecule is CC(C)(C)c1cc2n(n1)[C@@H](C(F)F)C[C@@H](C1CCN(C(=O)C3CC=CCC3)CC1)N2. The van der Waals surface area contributed by atoms with E-state index < -0.39 is 12.5 Å². The van der Waals surface area contributed by atoms with Crippen molar-refractivity contribution in [2.45, 2.75) is 83.2 Å². The van der Waals surface area contributed by atoms with Gasteiger partial charge >= 0.3 is 0 Å². The van der Waals surface area contributed by atoms with Crippen molar-refractivity contribution in [2.75, 3.05) is 18.4 Å². The van der Waals surface area contributed by atoms with Gasteiger partial charge in [0.1, 0.15) is 11.9 Å². The maximum Gasteiger partial charge on any atom is 0.260 e. The van der Waals surface area contributed by atoms with Crippen molar-refractivity contribution in [1.29, 1.82) is 0 Å². The van der Waals surface area contributed by atoms with Crippen molar-refractivity contribution in [3.05, 3.63) is 23.9 Å². The van der Waals surface area contributed by atoms with Crippen LogP contribution in [0.1, 0.15) is 71.0 Å². The number of piperidine rings is 1. The summed E-state index contributed by atoms with van der Waals surface area (Å²) in [5.41, 5.74) is 0.645. The average molecular weight is 421 g/mol. The van der Waals surface area contributed by atoms with E-state index in [9.17, 15) is 13.6 Å². The van der Waals surface area contributed by atoms with Gasteiger partial charge in [-0.2, -0.15) is 5.10 Å². The quantitative estimate of drug-likeness (QED) is 0.717. The fourth-order valence-corrected chi connectivity index (χ4v) is 5.05. The number of carbonyl (C=O) groups is 1. The molecule has 0 spiro atoms. The zero-order valence-electron chi connectivity index (χ0n) is 18.3. The number of hydrogen-bond donors (Lipinski definition) is 1. The normalized spacial score (nSPS) is 27.8. The van der Waals surface area contributed by atoms with Crippen LogP contribution in [0.15, 0.2) is 18.2 Å². The van der Waals surface area contributed by atoms with Crippen molar-refractivity contribution in [2.24, 2.45) is 11.8 Å². The summed E-state index contributed by atoms with van der Waals surface area (Å²) < 4.78 is 29.2. The van der Waals surface area contributed by atoms with Gasteiger partial charge in [0.2, 0.25) is 5.91 Å². The minimum atomic E-state index is -2.44. The van der Waals surface area contributed by atoms with E-state index in [-0.39, 0.29) is 23.3 Å². The van der Waals surface area contributed by atoms with Crippen LogP contribution in [0, 0.1) is 11.8 Å². The lowest BCUT2D eigenvalue weighted by atomic mass is 9.84. The maximum atomic E-state index is 13.9. The zero-order valence-corrected chi connectivity index (χ0v) is 18.3. The lowest BCUT2D eigenvalue weighted by Crippen LogP contribution is -2.47. The van der Waals surface area contributed by atoms with Gasteiger partial charge in [0.25, 0.3) is 6.43 Å². The minimum absolute atomic E-state index is 0.00381. The van der Waals surface area contributed by atoms with E-state index in [2.05, 4.69) is 22.6 Å². The topological polar surface area (TPSA) is 50.2 Å². The Labute approximate surface area is 177 Å². The number of anilines is 1. The van der Waals surface area contributed by atoms with Crippen molar-refractivity contribution in [3.63, 3.8) is 0 Å². The summed E-state index contributed by atoms with van der Waals surface area (Å²) in [6, 6.07) is 1.03. The highest BCUT2D eigenvalue weighted by Gasteiger charge is 2.39. The van der Waals surface area contributed by atoms with Gasteiger partial charge < -0.3 is 10.2 Å². The molecule has 0 radical (unpaired) electrons. The van der Waals surface area contributed by atoms with Gasteiger partial charge in [-0.3, -0.25) is 4.79 Å². The second-order valence-corrected chi connectivity index (χ2v) is 10.1. The Kier molecular flexibility index (Phi) is 5.90. The Hall–Kier alpha value is -1.92. The molecule has 1 aromatic rings. The minimum Gasteiger partial charge on any atom is -0.367 e. The molecule has 1 fully saturated rings. The molecule has 1 saturated heterocycles. The highest BCUT2D eigenvalue weighted by molar-refractivity contribution is 5.79. The highest BCUT2D eigenvalue weighted by atomic mass is 19.3. The number of hydrogen-bond acceptors (Lipinski definition) is 3. The number of likely N-dealkylation sites (tertiary alicyclic amines) is 1. The Morgan fingerprint density at radius 1 is 1.20 bits per heavy atom. The first-order valence-corrected chi connectivity index (χ1v) is 11.3. The number of nitrogens with zero attached hydrogens (tertiary/aromatic N) is 3. The molecular formula is C23H34F2N4O. The van der Waals surface area contributed by atoms with E-state index in [0.29, 0.717) is 18.2 Å². The molecule has 1 aliphatic carbocycles. The van der Waals surface area contributed by atoms with Gasteiger partial charge in [-0.1, -0.05) is 32.9 Å². The molecule has 0 aromatic carbocycles. The van der Waals surface area contributed by atoms with Crippen LogP contribution in [0.2, 0.25) is 0 Å². The zero-order chi connectivity index (χ0) is 21.5. The molecule has 1 amide bonds. The number of rotatable bonds is 3. The lowest BCUT2D eigenvalue weighted by Gasteiger charge is -2.41. The van der Waals surface area contributed by atoms with E-state index in [0.717, 1.165) is 50.9 Å². The van der Waals surface area contributed by atoms with E-state index in [1.807, 2.05) is 31.7 Å². The van der Waals surface area contributed by atoms with Crippen molar-refractivity contribution in [1.82, 2.24) is 14.7 Å². The molecule has 30 heavy (non-hydrogen) atoms. The van der Waals surface area contributed by atoms with Crippen LogP contribution in [0.4, 0.5) is 14.6 Å². The number of nitrogens with one attached hydrogen (secondary N) is 1. The standard InChI is InChI=1S/C23H34F2N4O/c1-23(2,3)19-14-20-26-17(13-18(21(24)25)29(20)27-19)15-9-11-28(12-10-15)22(30)16-7-5-4-6-8-16/h4-5,14-18,21,26H,6-13H2,1-3H3/t16?,17-,18+/m0/s1. The maximum absolute atomic E-state index is 13.9. The summed E-state index contributed by atoms with van der Waals surface area (Å²) in [5.74, 6) is 1.39. The number of alkyl halides is 2. The number of aromatic nitrogens is 2. The fourth-order valence-electron chi connectivity index (χ4n) is 5.05. The largest absolute Gasteiger partial charge is 0.367 e. The molecule has 3 heterocycles. The van der Waals surface area contributed by atoms with Crippen molar-refractivity contribution >= 4 is 11.7 Å². The number of carbonyl (C=O) groups excluding carboxylic acids is 1. The summed E-state index contributed by atoms with van der Waals surface area (Å²) in [4.78, 5) is 14.8. The first-order chi connectivity index (χ1) is 14.2.